The SMILES string of the molecule is COC(=O)C1CN(C(=O)c2cnc(Cl)cn2)CC1C. The molecule has 1 saturated heterocycles. The molecule has 1 aromatic heterocycles. The van der Waals surface area contributed by atoms with Gasteiger partial charge in [0.25, 0.3) is 5.91 Å². The molecule has 1 fully saturated rings. The zero-order valence-electron chi connectivity index (χ0n) is 10.7. The molecule has 0 spiro atoms. The van der Waals surface area contributed by atoms with Crippen LogP contribution in [0.5, 0.6) is 0 Å². The van der Waals surface area contributed by atoms with Crippen molar-refractivity contribution in [3.05, 3.63) is 23.2 Å². The van der Waals surface area contributed by atoms with Gasteiger partial charge in [-0.05, 0) is 5.92 Å². The summed E-state index contributed by atoms with van der Waals surface area (Å²) in [4.78, 5) is 33.1. The lowest BCUT2D eigenvalue weighted by molar-refractivity contribution is -0.146. The summed E-state index contributed by atoms with van der Waals surface area (Å²) in [6, 6.07) is 0. The van der Waals surface area contributed by atoms with Gasteiger partial charge in [0.15, 0.2) is 0 Å². The highest BCUT2D eigenvalue weighted by Crippen LogP contribution is 2.25. The number of halogens is 1. The maximum atomic E-state index is 12.2. The first-order valence-electron chi connectivity index (χ1n) is 5.87. The van der Waals surface area contributed by atoms with Crippen LogP contribution >= 0.6 is 11.6 Å². The van der Waals surface area contributed by atoms with Gasteiger partial charge in [0.05, 0.1) is 25.4 Å². The van der Waals surface area contributed by atoms with Gasteiger partial charge in [0.1, 0.15) is 10.8 Å². The van der Waals surface area contributed by atoms with Gasteiger partial charge in [0, 0.05) is 13.1 Å². The molecule has 2 atom stereocenters. The fourth-order valence-corrected chi connectivity index (χ4v) is 2.27. The fourth-order valence-electron chi connectivity index (χ4n) is 2.18. The molecule has 2 rings (SSSR count). The number of esters is 1. The van der Waals surface area contributed by atoms with Crippen LogP contribution in [-0.2, 0) is 9.53 Å². The van der Waals surface area contributed by atoms with Crippen molar-refractivity contribution in [1.29, 1.82) is 0 Å². The number of likely N-dealkylation sites (tertiary alicyclic amines) is 1. The van der Waals surface area contributed by atoms with E-state index in [1.54, 1.807) is 4.90 Å². The van der Waals surface area contributed by atoms with Gasteiger partial charge in [0.2, 0.25) is 0 Å². The number of hydrogen-bond donors (Lipinski definition) is 0. The number of amides is 1. The van der Waals surface area contributed by atoms with Gasteiger partial charge in [-0.15, -0.1) is 0 Å². The van der Waals surface area contributed by atoms with Gasteiger partial charge >= 0.3 is 5.97 Å². The van der Waals surface area contributed by atoms with E-state index < -0.39 is 0 Å². The number of hydrogen-bond acceptors (Lipinski definition) is 5. The van der Waals surface area contributed by atoms with E-state index in [1.165, 1.54) is 19.5 Å². The van der Waals surface area contributed by atoms with Gasteiger partial charge in [-0.1, -0.05) is 18.5 Å². The van der Waals surface area contributed by atoms with E-state index in [2.05, 4.69) is 9.97 Å². The highest BCUT2D eigenvalue weighted by molar-refractivity contribution is 6.29. The summed E-state index contributed by atoms with van der Waals surface area (Å²) in [6.45, 7) is 2.77. The van der Waals surface area contributed by atoms with Crippen LogP contribution in [-0.4, -0.2) is 46.9 Å². The molecule has 0 N–H and O–H groups in total. The topological polar surface area (TPSA) is 72.4 Å². The Bertz CT molecular complexity index is 491. The fraction of sp³-hybridized carbons (Fsp3) is 0.500. The minimum Gasteiger partial charge on any atom is -0.469 e. The maximum Gasteiger partial charge on any atom is 0.310 e. The Balaban J connectivity index is 2.09. The standard InChI is InChI=1S/C12H14ClN3O3/c1-7-5-16(6-8(7)12(18)19-2)11(17)9-3-15-10(13)4-14-9/h3-4,7-8H,5-6H2,1-2H3. The lowest BCUT2D eigenvalue weighted by atomic mass is 9.99. The zero-order chi connectivity index (χ0) is 14.0. The van der Waals surface area contributed by atoms with Crippen LogP contribution < -0.4 is 0 Å². The molecule has 1 aliphatic heterocycles. The number of methoxy groups -OCH3 is 1. The van der Waals surface area contributed by atoms with Gasteiger partial charge in [-0.2, -0.15) is 0 Å². The Morgan fingerprint density at radius 3 is 2.68 bits per heavy atom. The summed E-state index contributed by atoms with van der Waals surface area (Å²) in [5.41, 5.74) is 0.224. The molecule has 0 radical (unpaired) electrons. The largest absolute Gasteiger partial charge is 0.469 e. The second kappa shape index (κ2) is 5.52. The van der Waals surface area contributed by atoms with Crippen molar-refractivity contribution in [2.24, 2.45) is 11.8 Å². The van der Waals surface area contributed by atoms with Crippen molar-refractivity contribution in [2.75, 3.05) is 20.2 Å². The van der Waals surface area contributed by atoms with Crippen LogP contribution in [0.25, 0.3) is 0 Å². The molecule has 0 aliphatic carbocycles. The highest BCUT2D eigenvalue weighted by atomic mass is 35.5. The van der Waals surface area contributed by atoms with E-state index in [-0.39, 0.29) is 34.6 Å². The molecule has 1 aliphatic rings. The Labute approximate surface area is 115 Å². The molecule has 2 unspecified atom stereocenters. The summed E-state index contributed by atoms with van der Waals surface area (Å²) in [5.74, 6) is -0.752. The minimum absolute atomic E-state index is 0.0664. The molecule has 1 aromatic rings. The average molecular weight is 284 g/mol. The van der Waals surface area contributed by atoms with Crippen molar-refractivity contribution < 1.29 is 14.3 Å². The third-order valence-corrected chi connectivity index (χ3v) is 3.44. The highest BCUT2D eigenvalue weighted by Gasteiger charge is 2.38. The van der Waals surface area contributed by atoms with Crippen molar-refractivity contribution in [3.63, 3.8) is 0 Å². The summed E-state index contributed by atoms with van der Waals surface area (Å²) in [5, 5.41) is 0.235. The van der Waals surface area contributed by atoms with E-state index in [4.69, 9.17) is 16.3 Å². The first-order chi connectivity index (χ1) is 9.02. The Morgan fingerprint density at radius 1 is 1.37 bits per heavy atom. The average Bonchev–Trinajstić information content (AvgIpc) is 2.80. The van der Waals surface area contributed by atoms with Crippen molar-refractivity contribution in [3.8, 4) is 0 Å². The Morgan fingerprint density at radius 2 is 2.11 bits per heavy atom. The predicted octanol–water partition coefficient (Wildman–Crippen LogP) is 1.01. The van der Waals surface area contributed by atoms with E-state index in [0.29, 0.717) is 13.1 Å². The Kier molecular flexibility index (Phi) is 3.99. The normalized spacial score (nSPS) is 22.4. The van der Waals surface area contributed by atoms with Crippen LogP contribution in [0.4, 0.5) is 0 Å². The van der Waals surface area contributed by atoms with E-state index in [9.17, 15) is 9.59 Å². The maximum absolute atomic E-state index is 12.2. The number of carbonyl (C=O) groups excluding carboxylic acids is 2. The third kappa shape index (κ3) is 2.84. The lowest BCUT2D eigenvalue weighted by Gasteiger charge is -2.15. The molecule has 19 heavy (non-hydrogen) atoms. The quantitative estimate of drug-likeness (QED) is 0.758. The first kappa shape index (κ1) is 13.7. The smallest absolute Gasteiger partial charge is 0.310 e. The van der Waals surface area contributed by atoms with Gasteiger partial charge in [-0.3, -0.25) is 9.59 Å². The van der Waals surface area contributed by atoms with Crippen LogP contribution in [0, 0.1) is 11.8 Å². The summed E-state index contributed by atoms with van der Waals surface area (Å²) in [6.07, 6.45) is 2.66. The van der Waals surface area contributed by atoms with Crippen molar-refractivity contribution in [1.82, 2.24) is 14.9 Å². The number of aromatic nitrogens is 2. The molecule has 0 aromatic carbocycles. The number of rotatable bonds is 2. The summed E-state index contributed by atoms with van der Waals surface area (Å²) >= 11 is 5.62. The van der Waals surface area contributed by atoms with Crippen LogP contribution in [0.3, 0.4) is 0 Å². The Hall–Kier alpha value is -1.69. The van der Waals surface area contributed by atoms with Crippen LogP contribution in [0.2, 0.25) is 5.15 Å². The molecule has 2 heterocycles. The second-order valence-corrected chi connectivity index (χ2v) is 4.93. The number of ether oxygens (including phenoxy) is 1. The molecule has 7 heteroatoms. The molecular formula is C12H14ClN3O3. The van der Waals surface area contributed by atoms with E-state index >= 15 is 0 Å². The summed E-state index contributed by atoms with van der Waals surface area (Å²) < 4.78 is 4.73. The molecule has 102 valence electrons. The van der Waals surface area contributed by atoms with Crippen molar-refractivity contribution in [2.45, 2.75) is 6.92 Å². The minimum atomic E-state index is -0.287. The lowest BCUT2D eigenvalue weighted by Crippen LogP contribution is -2.30. The monoisotopic (exact) mass is 283 g/mol. The van der Waals surface area contributed by atoms with E-state index in [1.807, 2.05) is 6.92 Å². The van der Waals surface area contributed by atoms with E-state index in [0.717, 1.165) is 0 Å². The third-order valence-electron chi connectivity index (χ3n) is 3.24. The summed E-state index contributed by atoms with van der Waals surface area (Å²) in [7, 11) is 1.35. The van der Waals surface area contributed by atoms with Crippen LogP contribution in [0.15, 0.2) is 12.4 Å². The van der Waals surface area contributed by atoms with Gasteiger partial charge in [-0.25, -0.2) is 9.97 Å². The molecule has 0 bridgehead atoms. The van der Waals surface area contributed by atoms with Gasteiger partial charge < -0.3 is 9.64 Å². The van der Waals surface area contributed by atoms with Crippen LogP contribution in [0.1, 0.15) is 17.4 Å². The zero-order valence-corrected chi connectivity index (χ0v) is 11.4. The molecule has 6 nitrogen and oxygen atoms in total. The molecular weight excluding hydrogens is 270 g/mol. The second-order valence-electron chi connectivity index (χ2n) is 4.54. The molecule has 1 amide bonds. The number of carbonyl (C=O) groups is 2. The molecule has 0 saturated carbocycles. The predicted molar refractivity (Wildman–Crippen MR) is 67.6 cm³/mol. The first-order valence-corrected chi connectivity index (χ1v) is 6.25. The number of nitrogens with zero attached hydrogens (tertiary/aromatic N) is 3. The van der Waals surface area contributed by atoms with Crippen molar-refractivity contribution >= 4 is 23.5 Å².